The Hall–Kier alpha value is -0.380. The first-order valence-electron chi connectivity index (χ1n) is 5.35. The van der Waals surface area contributed by atoms with Crippen molar-refractivity contribution in [1.29, 1.82) is 0 Å². The summed E-state index contributed by atoms with van der Waals surface area (Å²) in [4.78, 5) is 11.9. The van der Waals surface area contributed by atoms with Crippen LogP contribution in [0.3, 0.4) is 0 Å². The van der Waals surface area contributed by atoms with E-state index < -0.39 is 5.60 Å². The van der Waals surface area contributed by atoms with Gasteiger partial charge in [-0.3, -0.25) is 4.79 Å². The van der Waals surface area contributed by atoms with Gasteiger partial charge in [-0.15, -0.1) is 0 Å². The van der Waals surface area contributed by atoms with Crippen LogP contribution in [-0.4, -0.2) is 18.5 Å². The molecule has 0 unspecified atom stereocenters. The first-order valence-corrected chi connectivity index (χ1v) is 6.52. The Balaban J connectivity index is 2.69. The molecular weight excluding hydrogens is 303 g/mol. The summed E-state index contributed by atoms with van der Waals surface area (Å²) in [5, 5.41) is 0.614. The van der Waals surface area contributed by atoms with Crippen molar-refractivity contribution in [3.8, 4) is 0 Å². The van der Waals surface area contributed by atoms with Gasteiger partial charge in [-0.05, 0) is 31.5 Å². The molecule has 0 spiro atoms. The van der Waals surface area contributed by atoms with E-state index in [1.54, 1.807) is 13.2 Å². The van der Waals surface area contributed by atoms with Crippen LogP contribution in [0, 0.1) is 0 Å². The minimum Gasteiger partial charge on any atom is -0.378 e. The SMILES string of the molecule is COC(C)(C)CC(=O)Cc1ccc(Br)cc1Cl. The number of halogens is 2. The van der Waals surface area contributed by atoms with Crippen LogP contribution in [0.1, 0.15) is 25.8 Å². The minimum absolute atomic E-state index is 0.126. The molecule has 0 N–H and O–H groups in total. The predicted octanol–water partition coefficient (Wildman–Crippen LogP) is 4.03. The lowest BCUT2D eigenvalue weighted by molar-refractivity contribution is -0.123. The molecule has 1 rings (SSSR count). The molecule has 0 aromatic heterocycles. The van der Waals surface area contributed by atoms with Gasteiger partial charge in [-0.25, -0.2) is 0 Å². The summed E-state index contributed by atoms with van der Waals surface area (Å²) in [5.41, 5.74) is 0.436. The highest BCUT2D eigenvalue weighted by molar-refractivity contribution is 9.10. The van der Waals surface area contributed by atoms with Crippen LogP contribution in [0.2, 0.25) is 5.02 Å². The Bertz CT molecular complexity index is 416. The van der Waals surface area contributed by atoms with E-state index in [2.05, 4.69) is 15.9 Å². The third-order valence-corrected chi connectivity index (χ3v) is 3.42. The van der Waals surface area contributed by atoms with Gasteiger partial charge in [0.2, 0.25) is 0 Å². The summed E-state index contributed by atoms with van der Waals surface area (Å²) in [7, 11) is 1.61. The summed E-state index contributed by atoms with van der Waals surface area (Å²) in [6.07, 6.45) is 0.731. The number of rotatable bonds is 5. The molecule has 0 aliphatic rings. The molecule has 0 bridgehead atoms. The van der Waals surface area contributed by atoms with Gasteiger partial charge in [-0.1, -0.05) is 33.6 Å². The molecule has 0 amide bonds. The summed E-state index contributed by atoms with van der Waals surface area (Å²) in [6, 6.07) is 5.55. The molecular formula is C13H16BrClO2. The van der Waals surface area contributed by atoms with E-state index in [0.717, 1.165) is 10.0 Å². The zero-order valence-corrected chi connectivity index (χ0v) is 12.6. The van der Waals surface area contributed by atoms with E-state index in [1.165, 1.54) is 0 Å². The molecule has 94 valence electrons. The van der Waals surface area contributed by atoms with Crippen molar-refractivity contribution in [3.05, 3.63) is 33.3 Å². The highest BCUT2D eigenvalue weighted by atomic mass is 79.9. The normalized spacial score (nSPS) is 11.6. The molecule has 0 saturated carbocycles. The van der Waals surface area contributed by atoms with E-state index in [1.807, 2.05) is 26.0 Å². The maximum Gasteiger partial charge on any atom is 0.140 e. The van der Waals surface area contributed by atoms with E-state index in [4.69, 9.17) is 16.3 Å². The lowest BCUT2D eigenvalue weighted by Gasteiger charge is -2.21. The number of carbonyl (C=O) groups is 1. The molecule has 0 heterocycles. The van der Waals surface area contributed by atoms with Crippen molar-refractivity contribution in [2.45, 2.75) is 32.3 Å². The third kappa shape index (κ3) is 4.78. The Labute approximate surface area is 115 Å². The number of ketones is 1. The van der Waals surface area contributed by atoms with Crippen molar-refractivity contribution < 1.29 is 9.53 Å². The fourth-order valence-corrected chi connectivity index (χ4v) is 2.23. The number of ether oxygens (including phenoxy) is 1. The molecule has 1 aromatic carbocycles. The molecule has 0 aliphatic heterocycles. The average molecular weight is 320 g/mol. The Morgan fingerprint density at radius 2 is 2.12 bits per heavy atom. The fraction of sp³-hybridized carbons (Fsp3) is 0.462. The predicted molar refractivity (Wildman–Crippen MR) is 73.6 cm³/mol. The van der Waals surface area contributed by atoms with Crippen molar-refractivity contribution in [2.24, 2.45) is 0 Å². The lowest BCUT2D eigenvalue weighted by Crippen LogP contribution is -2.27. The highest BCUT2D eigenvalue weighted by Gasteiger charge is 2.21. The molecule has 0 radical (unpaired) electrons. The monoisotopic (exact) mass is 318 g/mol. The Morgan fingerprint density at radius 3 is 2.65 bits per heavy atom. The summed E-state index contributed by atoms with van der Waals surface area (Å²) >= 11 is 9.40. The highest BCUT2D eigenvalue weighted by Crippen LogP contribution is 2.23. The van der Waals surface area contributed by atoms with Crippen LogP contribution < -0.4 is 0 Å². The first kappa shape index (κ1) is 14.7. The minimum atomic E-state index is -0.418. The van der Waals surface area contributed by atoms with Gasteiger partial charge >= 0.3 is 0 Å². The molecule has 1 aromatic rings. The van der Waals surface area contributed by atoms with Gasteiger partial charge in [0.15, 0.2) is 0 Å². The number of hydrogen-bond donors (Lipinski definition) is 0. The second kappa shape index (κ2) is 5.98. The van der Waals surface area contributed by atoms with Crippen molar-refractivity contribution in [2.75, 3.05) is 7.11 Å². The van der Waals surface area contributed by atoms with Gasteiger partial charge in [-0.2, -0.15) is 0 Å². The van der Waals surface area contributed by atoms with Crippen LogP contribution in [0.4, 0.5) is 0 Å². The molecule has 0 atom stereocenters. The molecule has 4 heteroatoms. The molecule has 0 saturated heterocycles. The van der Waals surface area contributed by atoms with E-state index in [-0.39, 0.29) is 5.78 Å². The Kier molecular flexibility index (Phi) is 5.17. The lowest BCUT2D eigenvalue weighted by atomic mass is 9.97. The van der Waals surface area contributed by atoms with Crippen LogP contribution in [0.5, 0.6) is 0 Å². The summed E-state index contributed by atoms with van der Waals surface area (Å²) < 4.78 is 6.15. The maximum atomic E-state index is 11.9. The number of methoxy groups -OCH3 is 1. The molecule has 17 heavy (non-hydrogen) atoms. The quantitative estimate of drug-likeness (QED) is 0.819. The van der Waals surface area contributed by atoms with Gasteiger partial charge < -0.3 is 4.74 Å². The zero-order valence-electron chi connectivity index (χ0n) is 10.2. The van der Waals surface area contributed by atoms with Gasteiger partial charge in [0.05, 0.1) is 5.60 Å². The van der Waals surface area contributed by atoms with Gasteiger partial charge in [0.25, 0.3) is 0 Å². The van der Waals surface area contributed by atoms with E-state index in [0.29, 0.717) is 17.9 Å². The third-order valence-electron chi connectivity index (χ3n) is 2.58. The van der Waals surface area contributed by atoms with Crippen molar-refractivity contribution in [3.63, 3.8) is 0 Å². The van der Waals surface area contributed by atoms with Crippen LogP contribution in [0.25, 0.3) is 0 Å². The van der Waals surface area contributed by atoms with Crippen LogP contribution >= 0.6 is 27.5 Å². The smallest absolute Gasteiger partial charge is 0.140 e. The zero-order chi connectivity index (χ0) is 13.1. The fourth-order valence-electron chi connectivity index (χ4n) is 1.49. The first-order chi connectivity index (χ1) is 7.84. The van der Waals surface area contributed by atoms with Gasteiger partial charge in [0.1, 0.15) is 5.78 Å². The van der Waals surface area contributed by atoms with Crippen LogP contribution in [0.15, 0.2) is 22.7 Å². The average Bonchev–Trinajstić information content (AvgIpc) is 2.21. The second-order valence-electron chi connectivity index (χ2n) is 4.59. The number of hydrogen-bond acceptors (Lipinski definition) is 2. The number of benzene rings is 1. The molecule has 2 nitrogen and oxygen atoms in total. The molecule has 0 fully saturated rings. The Morgan fingerprint density at radius 1 is 1.47 bits per heavy atom. The van der Waals surface area contributed by atoms with Crippen molar-refractivity contribution in [1.82, 2.24) is 0 Å². The van der Waals surface area contributed by atoms with E-state index in [9.17, 15) is 4.79 Å². The summed E-state index contributed by atoms with van der Waals surface area (Å²) in [5.74, 6) is 0.126. The van der Waals surface area contributed by atoms with Gasteiger partial charge in [0, 0.05) is 29.4 Å². The van der Waals surface area contributed by atoms with Crippen LogP contribution in [-0.2, 0) is 16.0 Å². The van der Waals surface area contributed by atoms with E-state index >= 15 is 0 Å². The second-order valence-corrected chi connectivity index (χ2v) is 5.91. The molecule has 0 aliphatic carbocycles. The maximum absolute atomic E-state index is 11.9. The number of carbonyl (C=O) groups excluding carboxylic acids is 1. The van der Waals surface area contributed by atoms with Crippen molar-refractivity contribution >= 4 is 33.3 Å². The topological polar surface area (TPSA) is 26.3 Å². The number of Topliss-reactive ketones (excluding diaryl/α,β-unsaturated/α-hetero) is 1. The largest absolute Gasteiger partial charge is 0.378 e. The standard InChI is InChI=1S/C13H16BrClO2/c1-13(2,17-3)8-11(16)6-9-4-5-10(14)7-12(9)15/h4-5,7H,6,8H2,1-3H3. The summed E-state index contributed by atoms with van der Waals surface area (Å²) in [6.45, 7) is 3.79.